The number of carbonyl (C=O) groups excluding carboxylic acids is 1. The molecule has 2 atom stereocenters. The Hall–Kier alpha value is -2.86. The molecule has 0 saturated heterocycles. The number of fused-ring (bicyclic) bond motifs is 5. The number of aliphatic hydroxyl groups excluding tert-OH is 1. The molecule has 53 heavy (non-hydrogen) atoms. The minimum absolute atomic E-state index is 0. The minimum atomic E-state index is -0.337. The van der Waals surface area contributed by atoms with Crippen LogP contribution in [-0.2, 0) is 36.7 Å². The van der Waals surface area contributed by atoms with Gasteiger partial charge in [-0.3, -0.25) is 4.79 Å². The van der Waals surface area contributed by atoms with E-state index in [1.54, 1.807) is 0 Å². The molecule has 0 bridgehead atoms. The molecule has 2 aromatic carbocycles. The van der Waals surface area contributed by atoms with Crippen molar-refractivity contribution in [3.8, 4) is 0 Å². The van der Waals surface area contributed by atoms with Gasteiger partial charge in [-0.25, -0.2) is 0 Å². The normalized spacial score (nSPS) is 18.4. The van der Waals surface area contributed by atoms with Crippen molar-refractivity contribution in [3.05, 3.63) is 98.7 Å². The van der Waals surface area contributed by atoms with E-state index in [9.17, 15) is 9.90 Å². The number of allylic oxidation sites excluding steroid dienone is 4. The van der Waals surface area contributed by atoms with Gasteiger partial charge in [-0.1, -0.05) is 129 Å². The fourth-order valence-corrected chi connectivity index (χ4v) is 8.75. The molecule has 7 heteroatoms. The number of aliphatic imine (C=N–C) groups is 1. The molecule has 2 aliphatic heterocycles. The molecule has 0 amide bonds. The average molecular weight is 914 g/mol. The molecular weight excluding hydrogens is 853 g/mol. The number of nitrogens with one attached hydrogen (secondary N) is 1. The molecule has 3 aromatic rings. The van der Waals surface area contributed by atoms with Crippen molar-refractivity contribution in [3.63, 3.8) is 0 Å². The van der Waals surface area contributed by atoms with Crippen LogP contribution in [0.25, 0.3) is 16.8 Å². The Morgan fingerprint density at radius 2 is 1.70 bits per heavy atom. The van der Waals surface area contributed by atoms with Crippen molar-refractivity contribution in [2.45, 2.75) is 126 Å². The monoisotopic (exact) mass is 914 g/mol. The molecular formula is C46H61IrN2O3S-. The van der Waals surface area contributed by atoms with E-state index < -0.39 is 0 Å². The molecule has 3 aliphatic rings. The van der Waals surface area contributed by atoms with E-state index in [4.69, 9.17) is 9.41 Å². The first kappa shape index (κ1) is 42.9. The van der Waals surface area contributed by atoms with Gasteiger partial charge in [0.1, 0.15) is 17.3 Å². The Balaban J connectivity index is 0.000000299. The van der Waals surface area contributed by atoms with Crippen molar-refractivity contribution in [1.82, 2.24) is 5.32 Å². The molecule has 1 aromatic heterocycles. The van der Waals surface area contributed by atoms with Crippen LogP contribution in [-0.4, -0.2) is 23.3 Å². The Kier molecular flexibility index (Phi) is 13.7. The van der Waals surface area contributed by atoms with Gasteiger partial charge in [-0.15, -0.1) is 29.1 Å². The van der Waals surface area contributed by atoms with E-state index in [0.717, 1.165) is 60.3 Å². The fraction of sp³-hybridized carbons (Fsp3) is 0.522. The first-order valence-corrected chi connectivity index (χ1v) is 20.3. The van der Waals surface area contributed by atoms with Crippen LogP contribution < -0.4 is 5.32 Å². The van der Waals surface area contributed by atoms with Crippen molar-refractivity contribution in [2.75, 3.05) is 6.67 Å². The zero-order valence-corrected chi connectivity index (χ0v) is 37.3. The molecule has 1 aliphatic carbocycles. The van der Waals surface area contributed by atoms with Gasteiger partial charge in [0.2, 0.25) is 0 Å². The largest absolute Gasteiger partial charge is 0.512 e. The first-order chi connectivity index (χ1) is 24.5. The molecule has 1 radical (unpaired) electrons. The quantitative estimate of drug-likeness (QED) is 0.120. The van der Waals surface area contributed by atoms with Gasteiger partial charge in [-0.2, -0.15) is 0 Å². The number of ketones is 1. The van der Waals surface area contributed by atoms with Gasteiger partial charge in [0.25, 0.3) is 0 Å². The second-order valence-electron chi connectivity index (χ2n) is 16.9. The van der Waals surface area contributed by atoms with E-state index in [0.29, 0.717) is 12.6 Å². The standard InChI is InChI=1S/C31H33N2OS.C15H28O2.Ir/c1-17(2)13-25-18(3)21-11-12-23-26-27(32-16-33-30(26)35-29(23)28(21)34-25)20-14-19-9-7-8-10-22(19)24(15-20)31(4,5)6;1-7-14(5,8-2)12(16)11-13(17)15(6,9-3)10-4;/h7-12,15,17,23,29,33H,13,16H2,1-6H3;11,16H,7-10H2,1-6H3;/q-1;;/b;12-11-;. The van der Waals surface area contributed by atoms with Crippen molar-refractivity contribution in [1.29, 1.82) is 0 Å². The van der Waals surface area contributed by atoms with Gasteiger partial charge < -0.3 is 19.8 Å². The zero-order chi connectivity index (χ0) is 38.2. The number of hydrogen-bond acceptors (Lipinski definition) is 6. The molecule has 0 spiro atoms. The molecule has 2 unspecified atom stereocenters. The van der Waals surface area contributed by atoms with Gasteiger partial charge in [0.05, 0.1) is 16.9 Å². The number of thioether (sulfide) groups is 1. The number of rotatable bonds is 10. The number of benzene rings is 2. The number of carbonyl (C=O) groups is 1. The third-order valence-corrected chi connectivity index (χ3v) is 13.3. The number of aliphatic hydroxyl groups is 1. The number of hydrogen-bond donors (Lipinski definition) is 2. The summed E-state index contributed by atoms with van der Waals surface area (Å²) in [5, 5.41) is 17.6. The smallest absolute Gasteiger partial charge is 0.164 e. The van der Waals surface area contributed by atoms with Crippen molar-refractivity contribution >= 4 is 40.1 Å². The summed E-state index contributed by atoms with van der Waals surface area (Å²) in [6, 6.07) is 14.7. The third kappa shape index (κ3) is 8.53. The average Bonchev–Trinajstić information content (AvgIpc) is 3.66. The van der Waals surface area contributed by atoms with Gasteiger partial charge in [-0.05, 0) is 55.1 Å². The van der Waals surface area contributed by atoms with Gasteiger partial charge >= 0.3 is 0 Å². The van der Waals surface area contributed by atoms with Crippen LogP contribution in [0.2, 0.25) is 0 Å². The Labute approximate surface area is 337 Å². The molecule has 0 saturated carbocycles. The van der Waals surface area contributed by atoms with Crippen molar-refractivity contribution in [2.24, 2.45) is 27.7 Å². The van der Waals surface area contributed by atoms with Crippen LogP contribution in [0.3, 0.4) is 0 Å². The summed E-state index contributed by atoms with van der Waals surface area (Å²) < 4.78 is 6.56. The first-order valence-electron chi connectivity index (χ1n) is 19.4. The van der Waals surface area contributed by atoms with E-state index in [1.807, 2.05) is 53.3 Å². The van der Waals surface area contributed by atoms with Crippen LogP contribution >= 0.6 is 11.8 Å². The maximum atomic E-state index is 12.2. The third-order valence-electron chi connectivity index (χ3n) is 12.0. The Morgan fingerprint density at radius 1 is 1.06 bits per heavy atom. The van der Waals surface area contributed by atoms with E-state index in [-0.39, 0.29) is 59.1 Å². The summed E-state index contributed by atoms with van der Waals surface area (Å²) in [6.45, 7) is 26.3. The topological polar surface area (TPSA) is 74.8 Å². The predicted molar refractivity (Wildman–Crippen MR) is 221 cm³/mol. The minimum Gasteiger partial charge on any atom is -0.512 e. The van der Waals surface area contributed by atoms with Gasteiger partial charge in [0.15, 0.2) is 5.78 Å². The zero-order valence-electron chi connectivity index (χ0n) is 34.0. The van der Waals surface area contributed by atoms with Crippen LogP contribution in [0.4, 0.5) is 0 Å². The molecule has 289 valence electrons. The molecule has 3 heterocycles. The second kappa shape index (κ2) is 16.9. The summed E-state index contributed by atoms with van der Waals surface area (Å²) >= 11 is 1.90. The predicted octanol–water partition coefficient (Wildman–Crippen LogP) is 12.4. The SMILES string of the molecule is CCC(C)(CC)C(=O)/C=C(\O)C(C)(CC)CC.Cc1c(CC(C)C)oc2c1C=CC1C3=C(NCN=C3c3[c-]c4ccccc4c(C(C)(C)C)c3)SC21.[Ir]. The molecule has 0 fully saturated rings. The summed E-state index contributed by atoms with van der Waals surface area (Å²) in [7, 11) is 0. The van der Waals surface area contributed by atoms with E-state index >= 15 is 0 Å². The summed E-state index contributed by atoms with van der Waals surface area (Å²) in [6.07, 6.45) is 10.4. The molecule has 6 rings (SSSR count). The number of furan rings is 1. The maximum absolute atomic E-state index is 12.2. The second-order valence-corrected chi connectivity index (χ2v) is 18.0. The maximum Gasteiger partial charge on any atom is 0.164 e. The van der Waals surface area contributed by atoms with E-state index in [2.05, 4.69) is 95.4 Å². The summed E-state index contributed by atoms with van der Waals surface area (Å²) in [4.78, 5) is 17.2. The van der Waals surface area contributed by atoms with Crippen molar-refractivity contribution < 1.29 is 34.4 Å². The Morgan fingerprint density at radius 3 is 2.30 bits per heavy atom. The fourth-order valence-electron chi connectivity index (χ4n) is 7.33. The summed E-state index contributed by atoms with van der Waals surface area (Å²) in [5.41, 5.74) is 6.81. The summed E-state index contributed by atoms with van der Waals surface area (Å²) in [5.74, 6) is 3.37. The Bertz CT molecular complexity index is 1930. The van der Waals surface area contributed by atoms with E-state index in [1.165, 1.54) is 38.8 Å². The number of nitrogens with zero attached hydrogens (tertiary/aromatic N) is 1. The van der Waals surface area contributed by atoms with Gasteiger partial charge in [0, 0.05) is 60.6 Å². The van der Waals surface area contributed by atoms with Crippen LogP contribution in [0, 0.1) is 35.7 Å². The molecule has 5 nitrogen and oxygen atoms in total. The van der Waals surface area contributed by atoms with Crippen LogP contribution in [0.5, 0.6) is 0 Å². The van der Waals surface area contributed by atoms with Crippen LogP contribution in [0.15, 0.2) is 68.3 Å². The molecule has 2 N–H and O–H groups in total. The van der Waals surface area contributed by atoms with Crippen LogP contribution in [0.1, 0.15) is 141 Å².